The Kier molecular flexibility index (Phi) is 5.59. The molecule has 1 spiro atoms. The zero-order chi connectivity index (χ0) is 20.4. The van der Waals surface area contributed by atoms with Crippen LogP contribution in [0, 0.1) is 5.82 Å². The summed E-state index contributed by atoms with van der Waals surface area (Å²) in [5.74, 6) is 0.735. The van der Waals surface area contributed by atoms with Gasteiger partial charge >= 0.3 is 0 Å². The molecular weight excluding hydrogens is 367 g/mol. The zero-order valence-electron chi connectivity index (χ0n) is 17.2. The molecule has 0 aromatic heterocycles. The summed E-state index contributed by atoms with van der Waals surface area (Å²) in [6, 6.07) is 14.8. The second-order valence-corrected chi connectivity index (χ2v) is 8.61. The normalized spacial score (nSPS) is 24.4. The molecule has 5 heteroatoms. The molecule has 0 bridgehead atoms. The van der Waals surface area contributed by atoms with Gasteiger partial charge in [-0.25, -0.2) is 4.39 Å². The largest absolute Gasteiger partial charge is 0.486 e. The van der Waals surface area contributed by atoms with Gasteiger partial charge in [-0.2, -0.15) is 0 Å². The number of nitrogens with zero attached hydrogens (tertiary/aromatic N) is 2. The van der Waals surface area contributed by atoms with Crippen LogP contribution in [-0.2, 0) is 17.8 Å². The summed E-state index contributed by atoms with van der Waals surface area (Å²) in [6.45, 7) is 1.79. The number of amides is 1. The number of rotatable bonds is 3. The summed E-state index contributed by atoms with van der Waals surface area (Å²) in [7, 11) is 4.02. The van der Waals surface area contributed by atoms with Gasteiger partial charge in [0.05, 0.1) is 6.42 Å². The highest BCUT2D eigenvalue weighted by atomic mass is 19.1. The van der Waals surface area contributed by atoms with Crippen molar-refractivity contribution in [3.05, 3.63) is 65.5 Å². The third-order valence-electron chi connectivity index (χ3n) is 6.35. The van der Waals surface area contributed by atoms with Crippen molar-refractivity contribution >= 4 is 5.91 Å². The highest BCUT2D eigenvalue weighted by Crippen LogP contribution is 2.39. The highest BCUT2D eigenvalue weighted by molar-refractivity contribution is 5.78. The molecule has 4 nitrogen and oxygen atoms in total. The molecule has 4 rings (SSSR count). The average molecular weight is 397 g/mol. The Bertz CT molecular complexity index is 877. The van der Waals surface area contributed by atoms with Gasteiger partial charge in [0.25, 0.3) is 0 Å². The lowest BCUT2D eigenvalue weighted by atomic mass is 9.81. The van der Waals surface area contributed by atoms with Crippen molar-refractivity contribution in [1.29, 1.82) is 0 Å². The van der Waals surface area contributed by atoms with Gasteiger partial charge < -0.3 is 9.64 Å². The first-order valence-corrected chi connectivity index (χ1v) is 10.4. The number of ether oxygens (including phenoxy) is 1. The number of hydrogen-bond acceptors (Lipinski definition) is 3. The fourth-order valence-electron chi connectivity index (χ4n) is 4.76. The maximum atomic E-state index is 13.4. The lowest BCUT2D eigenvalue weighted by Crippen LogP contribution is -2.51. The third-order valence-corrected chi connectivity index (χ3v) is 6.35. The van der Waals surface area contributed by atoms with Gasteiger partial charge in [0.2, 0.25) is 5.91 Å². The molecule has 154 valence electrons. The Balaban J connectivity index is 1.40. The first-order chi connectivity index (χ1) is 13.9. The van der Waals surface area contributed by atoms with E-state index >= 15 is 0 Å². The van der Waals surface area contributed by atoms with Crippen LogP contribution in [0.5, 0.6) is 5.75 Å². The number of carbonyl (C=O) groups excluding carboxylic acids is 1. The van der Waals surface area contributed by atoms with Crippen LogP contribution < -0.4 is 4.74 Å². The quantitative estimate of drug-likeness (QED) is 0.785. The van der Waals surface area contributed by atoms with Crippen molar-refractivity contribution in [3.63, 3.8) is 0 Å². The van der Waals surface area contributed by atoms with E-state index in [9.17, 15) is 9.18 Å². The number of likely N-dealkylation sites (N-methyl/N-ethyl adjacent to an activating group) is 2. The lowest BCUT2D eigenvalue weighted by molar-refractivity contribution is -0.133. The van der Waals surface area contributed by atoms with Gasteiger partial charge in [-0.15, -0.1) is 0 Å². The maximum Gasteiger partial charge on any atom is 0.226 e. The van der Waals surface area contributed by atoms with Crippen LogP contribution in [0.25, 0.3) is 0 Å². The van der Waals surface area contributed by atoms with Crippen molar-refractivity contribution in [2.45, 2.75) is 50.3 Å². The van der Waals surface area contributed by atoms with Crippen LogP contribution in [0.15, 0.2) is 48.5 Å². The van der Waals surface area contributed by atoms with Crippen LogP contribution in [0.3, 0.4) is 0 Å². The lowest BCUT2D eigenvalue weighted by Gasteiger charge is -2.43. The van der Waals surface area contributed by atoms with Gasteiger partial charge in [0.1, 0.15) is 17.2 Å². The van der Waals surface area contributed by atoms with Gasteiger partial charge in [-0.1, -0.05) is 30.3 Å². The molecule has 1 fully saturated rings. The second-order valence-electron chi connectivity index (χ2n) is 8.61. The van der Waals surface area contributed by atoms with E-state index in [1.165, 1.54) is 17.7 Å². The molecule has 1 amide bonds. The summed E-state index contributed by atoms with van der Waals surface area (Å²) >= 11 is 0. The molecule has 0 saturated heterocycles. The summed E-state index contributed by atoms with van der Waals surface area (Å²) in [6.07, 6.45) is 3.92. The molecule has 1 aliphatic heterocycles. The zero-order valence-corrected chi connectivity index (χ0v) is 17.2. The predicted octanol–water partition coefficient (Wildman–Crippen LogP) is 4.03. The molecule has 0 radical (unpaired) electrons. The first kappa shape index (κ1) is 19.9. The van der Waals surface area contributed by atoms with Crippen molar-refractivity contribution < 1.29 is 13.9 Å². The molecule has 1 saturated carbocycles. The van der Waals surface area contributed by atoms with Crippen LogP contribution in [0.2, 0.25) is 0 Å². The predicted molar refractivity (Wildman–Crippen MR) is 111 cm³/mol. The molecule has 2 aromatic rings. The minimum atomic E-state index is -0.299. The Hall–Kier alpha value is -2.40. The molecule has 2 aliphatic rings. The molecular formula is C24H29FN2O2. The van der Waals surface area contributed by atoms with Gasteiger partial charge in [-0.05, 0) is 56.5 Å². The van der Waals surface area contributed by atoms with Crippen molar-refractivity contribution in [3.8, 4) is 5.75 Å². The fourth-order valence-corrected chi connectivity index (χ4v) is 4.76. The first-order valence-electron chi connectivity index (χ1n) is 10.4. The smallest absolute Gasteiger partial charge is 0.226 e. The van der Waals surface area contributed by atoms with Gasteiger partial charge in [-0.3, -0.25) is 9.69 Å². The van der Waals surface area contributed by atoms with Crippen molar-refractivity contribution in [2.75, 3.05) is 20.6 Å². The third kappa shape index (κ3) is 4.45. The highest BCUT2D eigenvalue weighted by Gasteiger charge is 2.41. The standard InChI is InChI=1S/C24H29FN2O2/c1-26-16-19-7-3-4-9-22(19)29-24(17-26)12-10-21(11-13-24)27(2)23(28)15-18-6-5-8-20(25)14-18/h3-9,14,21H,10-13,15-17H2,1-2H3. The molecule has 1 heterocycles. The van der Waals surface area contributed by atoms with E-state index in [1.807, 2.05) is 18.0 Å². The summed E-state index contributed by atoms with van der Waals surface area (Å²) in [5, 5.41) is 0. The molecule has 0 unspecified atom stereocenters. The summed E-state index contributed by atoms with van der Waals surface area (Å²) in [5.41, 5.74) is 1.76. The van der Waals surface area contributed by atoms with E-state index in [-0.39, 0.29) is 29.8 Å². The summed E-state index contributed by atoms with van der Waals surface area (Å²) in [4.78, 5) is 16.9. The van der Waals surface area contributed by atoms with Gasteiger partial charge in [0.15, 0.2) is 0 Å². The Morgan fingerprint density at radius 2 is 1.97 bits per heavy atom. The Morgan fingerprint density at radius 3 is 2.72 bits per heavy atom. The monoisotopic (exact) mass is 396 g/mol. The van der Waals surface area contributed by atoms with E-state index in [0.29, 0.717) is 0 Å². The number of hydrogen-bond donors (Lipinski definition) is 0. The van der Waals surface area contributed by atoms with Crippen LogP contribution >= 0.6 is 0 Å². The summed E-state index contributed by atoms with van der Waals surface area (Å²) < 4.78 is 20.0. The second kappa shape index (κ2) is 8.15. The molecule has 0 atom stereocenters. The average Bonchev–Trinajstić information content (AvgIpc) is 2.83. The van der Waals surface area contributed by atoms with E-state index < -0.39 is 0 Å². The van der Waals surface area contributed by atoms with Crippen LogP contribution in [0.1, 0.15) is 36.8 Å². The van der Waals surface area contributed by atoms with E-state index in [1.54, 1.807) is 12.1 Å². The van der Waals surface area contributed by atoms with Crippen molar-refractivity contribution in [2.24, 2.45) is 0 Å². The van der Waals surface area contributed by atoms with E-state index in [0.717, 1.165) is 50.1 Å². The van der Waals surface area contributed by atoms with Crippen LogP contribution in [0.4, 0.5) is 4.39 Å². The fraction of sp³-hybridized carbons (Fsp3) is 0.458. The Labute approximate surface area is 172 Å². The number of halogens is 1. The van der Waals surface area contributed by atoms with Crippen molar-refractivity contribution in [1.82, 2.24) is 9.80 Å². The maximum absolute atomic E-state index is 13.4. The minimum Gasteiger partial charge on any atom is -0.486 e. The topological polar surface area (TPSA) is 32.8 Å². The van der Waals surface area contributed by atoms with Gasteiger partial charge in [0, 0.05) is 31.7 Å². The number of benzene rings is 2. The molecule has 1 aliphatic carbocycles. The van der Waals surface area contributed by atoms with Crippen LogP contribution in [-0.4, -0.2) is 48.0 Å². The Morgan fingerprint density at radius 1 is 1.21 bits per heavy atom. The number of fused-ring (bicyclic) bond motifs is 1. The minimum absolute atomic E-state index is 0.0424. The molecule has 0 N–H and O–H groups in total. The molecule has 29 heavy (non-hydrogen) atoms. The van der Waals surface area contributed by atoms with E-state index in [2.05, 4.69) is 30.1 Å². The number of carbonyl (C=O) groups is 1. The van der Waals surface area contributed by atoms with E-state index in [4.69, 9.17) is 4.74 Å². The number of para-hydroxylation sites is 1. The SMILES string of the molecule is CN1Cc2ccccc2OC2(CCC(N(C)C(=O)Cc3cccc(F)c3)CC2)C1. The molecule has 2 aromatic carbocycles.